The minimum absolute atomic E-state index is 0.573. The standard InChI is InChI=1S/C10H9Cl2N/c1-6-2-8-3-7(5-11)4-9(8)10(12)13-6/h2,4H,3,5H2,1H3. The van der Waals surface area contributed by atoms with E-state index < -0.39 is 0 Å². The summed E-state index contributed by atoms with van der Waals surface area (Å²) < 4.78 is 0. The Kier molecular flexibility index (Phi) is 2.31. The van der Waals surface area contributed by atoms with Crippen LogP contribution in [0.4, 0.5) is 0 Å². The number of halogens is 2. The maximum atomic E-state index is 6.00. The monoisotopic (exact) mass is 213 g/mol. The van der Waals surface area contributed by atoms with E-state index in [0.29, 0.717) is 11.0 Å². The molecule has 0 radical (unpaired) electrons. The molecule has 0 saturated heterocycles. The van der Waals surface area contributed by atoms with Crippen LogP contribution in [0.25, 0.3) is 6.08 Å². The molecule has 0 saturated carbocycles. The normalized spacial score (nSPS) is 14.2. The van der Waals surface area contributed by atoms with Crippen molar-refractivity contribution in [2.75, 3.05) is 5.88 Å². The van der Waals surface area contributed by atoms with Gasteiger partial charge in [-0.3, -0.25) is 0 Å². The second-order valence-corrected chi connectivity index (χ2v) is 3.87. The predicted octanol–water partition coefficient (Wildman–Crippen LogP) is 3.22. The second kappa shape index (κ2) is 3.32. The quantitative estimate of drug-likeness (QED) is 0.516. The van der Waals surface area contributed by atoms with Crippen LogP contribution in [0.15, 0.2) is 11.6 Å². The molecule has 1 aromatic heterocycles. The lowest BCUT2D eigenvalue weighted by Gasteiger charge is -2.01. The van der Waals surface area contributed by atoms with Gasteiger partial charge >= 0.3 is 0 Å². The number of hydrogen-bond acceptors (Lipinski definition) is 1. The lowest BCUT2D eigenvalue weighted by molar-refractivity contribution is 1.13. The van der Waals surface area contributed by atoms with Crippen LogP contribution in [0.3, 0.4) is 0 Å². The molecule has 2 rings (SSSR count). The Morgan fingerprint density at radius 3 is 3.00 bits per heavy atom. The Labute approximate surface area is 87.4 Å². The molecule has 1 heterocycles. The van der Waals surface area contributed by atoms with E-state index in [1.807, 2.05) is 13.0 Å². The summed E-state index contributed by atoms with van der Waals surface area (Å²) in [5.41, 5.74) is 4.47. The largest absolute Gasteiger partial charge is 0.241 e. The Bertz CT molecular complexity index is 383. The minimum atomic E-state index is 0.573. The summed E-state index contributed by atoms with van der Waals surface area (Å²) in [4.78, 5) is 4.19. The molecule has 0 fully saturated rings. The number of fused-ring (bicyclic) bond motifs is 1. The molecule has 0 unspecified atom stereocenters. The van der Waals surface area contributed by atoms with Crippen molar-refractivity contribution in [3.63, 3.8) is 0 Å². The van der Waals surface area contributed by atoms with Gasteiger partial charge in [0.15, 0.2) is 0 Å². The van der Waals surface area contributed by atoms with E-state index in [-0.39, 0.29) is 0 Å². The molecule has 1 nitrogen and oxygen atoms in total. The Balaban J connectivity index is 2.50. The first-order valence-electron chi connectivity index (χ1n) is 4.12. The van der Waals surface area contributed by atoms with Crippen molar-refractivity contribution >= 4 is 29.3 Å². The highest BCUT2D eigenvalue weighted by molar-refractivity contribution is 6.31. The molecule has 1 aliphatic rings. The summed E-state index contributed by atoms with van der Waals surface area (Å²) in [5, 5.41) is 0.593. The Hall–Kier alpha value is -0.530. The van der Waals surface area contributed by atoms with Gasteiger partial charge in [0.25, 0.3) is 0 Å². The molecule has 68 valence electrons. The third-order valence-electron chi connectivity index (χ3n) is 2.16. The van der Waals surface area contributed by atoms with Gasteiger partial charge in [0.05, 0.1) is 0 Å². The third kappa shape index (κ3) is 1.59. The highest BCUT2D eigenvalue weighted by atomic mass is 35.5. The zero-order valence-corrected chi connectivity index (χ0v) is 8.78. The molecule has 3 heteroatoms. The van der Waals surface area contributed by atoms with Gasteiger partial charge in [-0.05, 0) is 25.0 Å². The highest BCUT2D eigenvalue weighted by Gasteiger charge is 2.15. The molecule has 0 spiro atoms. The van der Waals surface area contributed by atoms with Crippen LogP contribution in [0.1, 0.15) is 16.8 Å². The van der Waals surface area contributed by atoms with Crippen molar-refractivity contribution in [1.29, 1.82) is 0 Å². The number of pyridine rings is 1. The summed E-state index contributed by atoms with van der Waals surface area (Å²) in [6.07, 6.45) is 2.96. The molecule has 1 aromatic rings. The van der Waals surface area contributed by atoms with Gasteiger partial charge in [0, 0.05) is 17.1 Å². The SMILES string of the molecule is Cc1cc2c(c(Cl)n1)C=C(CCl)C2. The van der Waals surface area contributed by atoms with E-state index in [2.05, 4.69) is 11.1 Å². The number of allylic oxidation sites excluding steroid dienone is 1. The number of hydrogen-bond donors (Lipinski definition) is 0. The molecule has 0 N–H and O–H groups in total. The average Bonchev–Trinajstić information content (AvgIpc) is 2.47. The summed E-state index contributed by atoms with van der Waals surface area (Å²) in [5.74, 6) is 0.573. The maximum Gasteiger partial charge on any atom is 0.136 e. The zero-order chi connectivity index (χ0) is 9.42. The van der Waals surface area contributed by atoms with E-state index >= 15 is 0 Å². The molecule has 1 aliphatic carbocycles. The molecule has 13 heavy (non-hydrogen) atoms. The smallest absolute Gasteiger partial charge is 0.136 e. The highest BCUT2D eigenvalue weighted by Crippen LogP contribution is 2.30. The summed E-state index contributed by atoms with van der Waals surface area (Å²) in [7, 11) is 0. The van der Waals surface area contributed by atoms with Crippen molar-refractivity contribution in [2.24, 2.45) is 0 Å². The first kappa shape index (κ1) is 9.04. The third-order valence-corrected chi connectivity index (χ3v) is 2.79. The van der Waals surface area contributed by atoms with Crippen LogP contribution in [0.5, 0.6) is 0 Å². The number of alkyl halides is 1. The van der Waals surface area contributed by atoms with Gasteiger partial charge in [-0.2, -0.15) is 0 Å². The van der Waals surface area contributed by atoms with E-state index in [1.54, 1.807) is 0 Å². The second-order valence-electron chi connectivity index (χ2n) is 3.24. The van der Waals surface area contributed by atoms with Crippen molar-refractivity contribution in [3.05, 3.63) is 33.6 Å². The molecular weight excluding hydrogens is 205 g/mol. The van der Waals surface area contributed by atoms with Crippen molar-refractivity contribution in [1.82, 2.24) is 4.98 Å². The van der Waals surface area contributed by atoms with E-state index in [9.17, 15) is 0 Å². The lowest BCUT2D eigenvalue weighted by Crippen LogP contribution is -1.90. The number of nitrogens with zero attached hydrogens (tertiary/aromatic N) is 1. The van der Waals surface area contributed by atoms with Gasteiger partial charge in [0.1, 0.15) is 5.15 Å². The van der Waals surface area contributed by atoms with Crippen LogP contribution in [0, 0.1) is 6.92 Å². The van der Waals surface area contributed by atoms with Gasteiger partial charge < -0.3 is 0 Å². The zero-order valence-electron chi connectivity index (χ0n) is 7.27. The number of aromatic nitrogens is 1. The maximum absolute atomic E-state index is 6.00. The molecule has 0 atom stereocenters. The van der Waals surface area contributed by atoms with Gasteiger partial charge in [-0.25, -0.2) is 4.98 Å². The van der Waals surface area contributed by atoms with Crippen LogP contribution in [-0.2, 0) is 6.42 Å². The molecule has 0 aliphatic heterocycles. The van der Waals surface area contributed by atoms with Crippen LogP contribution >= 0.6 is 23.2 Å². The fourth-order valence-electron chi connectivity index (χ4n) is 1.59. The first-order valence-corrected chi connectivity index (χ1v) is 5.03. The Morgan fingerprint density at radius 1 is 1.54 bits per heavy atom. The first-order chi connectivity index (χ1) is 6.20. The van der Waals surface area contributed by atoms with Gasteiger partial charge in [-0.1, -0.05) is 23.3 Å². The molecular formula is C10H9Cl2N. The van der Waals surface area contributed by atoms with Crippen LogP contribution in [0.2, 0.25) is 5.15 Å². The molecule has 0 aromatic carbocycles. The van der Waals surface area contributed by atoms with Crippen LogP contribution in [-0.4, -0.2) is 10.9 Å². The number of aryl methyl sites for hydroxylation is 1. The predicted molar refractivity (Wildman–Crippen MR) is 56.4 cm³/mol. The fraction of sp³-hybridized carbons (Fsp3) is 0.300. The topological polar surface area (TPSA) is 12.9 Å². The minimum Gasteiger partial charge on any atom is -0.241 e. The van der Waals surface area contributed by atoms with E-state index in [0.717, 1.165) is 17.7 Å². The Morgan fingerprint density at radius 2 is 2.31 bits per heavy atom. The van der Waals surface area contributed by atoms with Gasteiger partial charge in [-0.15, -0.1) is 11.6 Å². The van der Waals surface area contributed by atoms with Crippen molar-refractivity contribution < 1.29 is 0 Å². The summed E-state index contributed by atoms with van der Waals surface area (Å²) >= 11 is 11.8. The number of rotatable bonds is 1. The van der Waals surface area contributed by atoms with Crippen molar-refractivity contribution in [2.45, 2.75) is 13.3 Å². The van der Waals surface area contributed by atoms with E-state index in [4.69, 9.17) is 23.2 Å². The van der Waals surface area contributed by atoms with Crippen molar-refractivity contribution in [3.8, 4) is 0 Å². The average molecular weight is 214 g/mol. The van der Waals surface area contributed by atoms with E-state index in [1.165, 1.54) is 11.1 Å². The summed E-state index contributed by atoms with van der Waals surface area (Å²) in [6.45, 7) is 1.95. The molecule has 0 amide bonds. The lowest BCUT2D eigenvalue weighted by atomic mass is 10.1. The van der Waals surface area contributed by atoms with Crippen LogP contribution < -0.4 is 0 Å². The van der Waals surface area contributed by atoms with Gasteiger partial charge in [0.2, 0.25) is 0 Å². The summed E-state index contributed by atoms with van der Waals surface area (Å²) in [6, 6.07) is 2.07. The molecule has 0 bridgehead atoms. The fourth-order valence-corrected chi connectivity index (χ4v) is 2.07.